The summed E-state index contributed by atoms with van der Waals surface area (Å²) in [6.07, 6.45) is 14.5. The standard InChI is InChI=1S/C26H44O2/c1-18(2)8-6-9-20(4)23-12-13-24-22-11-14-25(27)28-17-7-10-19(3)21(22)15-16-26(23,24)5/h10,18,20-24H,6-9,11-17H2,1-5H3/b19-10+/t20-,21-,22-,23-,24+,26-/m1/s1. The Kier molecular flexibility index (Phi) is 7.32. The highest BCUT2D eigenvalue weighted by Crippen LogP contribution is 2.62. The molecule has 2 saturated carbocycles. The average molecular weight is 389 g/mol. The molecule has 3 aliphatic rings. The maximum Gasteiger partial charge on any atom is 0.305 e. The fraction of sp³-hybridized carbons (Fsp3) is 0.885. The third-order valence-corrected chi connectivity index (χ3v) is 8.75. The van der Waals surface area contributed by atoms with Crippen molar-refractivity contribution in [3.05, 3.63) is 11.6 Å². The van der Waals surface area contributed by atoms with Gasteiger partial charge in [0.05, 0.1) is 6.61 Å². The number of cyclic esters (lactones) is 1. The van der Waals surface area contributed by atoms with Crippen molar-refractivity contribution in [3.8, 4) is 0 Å². The third-order valence-electron chi connectivity index (χ3n) is 8.75. The summed E-state index contributed by atoms with van der Waals surface area (Å²) in [5, 5.41) is 0. The van der Waals surface area contributed by atoms with Gasteiger partial charge in [-0.25, -0.2) is 0 Å². The van der Waals surface area contributed by atoms with Crippen LogP contribution in [0.5, 0.6) is 0 Å². The Morgan fingerprint density at radius 1 is 1.14 bits per heavy atom. The molecule has 1 heterocycles. The maximum atomic E-state index is 12.1. The zero-order valence-corrected chi connectivity index (χ0v) is 19.1. The lowest BCUT2D eigenvalue weighted by molar-refractivity contribution is -0.144. The molecule has 6 atom stereocenters. The molecule has 0 saturated heterocycles. The third kappa shape index (κ3) is 4.68. The Morgan fingerprint density at radius 3 is 2.68 bits per heavy atom. The van der Waals surface area contributed by atoms with Crippen molar-refractivity contribution < 1.29 is 9.53 Å². The number of hydrogen-bond donors (Lipinski definition) is 0. The smallest absolute Gasteiger partial charge is 0.305 e. The molecule has 0 unspecified atom stereocenters. The van der Waals surface area contributed by atoms with Gasteiger partial charge in [-0.1, -0.05) is 58.6 Å². The van der Waals surface area contributed by atoms with E-state index in [0.717, 1.165) is 36.5 Å². The van der Waals surface area contributed by atoms with Gasteiger partial charge >= 0.3 is 5.97 Å². The fourth-order valence-corrected chi connectivity index (χ4v) is 7.25. The van der Waals surface area contributed by atoms with E-state index in [1.165, 1.54) is 44.9 Å². The number of ether oxygens (including phenoxy) is 1. The van der Waals surface area contributed by atoms with Gasteiger partial charge < -0.3 is 4.74 Å². The summed E-state index contributed by atoms with van der Waals surface area (Å²) in [4.78, 5) is 12.1. The Hall–Kier alpha value is -0.790. The Balaban J connectivity index is 1.74. The van der Waals surface area contributed by atoms with Crippen LogP contribution in [0.25, 0.3) is 0 Å². The highest BCUT2D eigenvalue weighted by atomic mass is 16.5. The molecular formula is C26H44O2. The van der Waals surface area contributed by atoms with E-state index >= 15 is 0 Å². The summed E-state index contributed by atoms with van der Waals surface area (Å²) in [5.41, 5.74) is 2.05. The summed E-state index contributed by atoms with van der Waals surface area (Å²) in [6, 6.07) is 0. The monoisotopic (exact) mass is 388 g/mol. The number of carbonyl (C=O) groups is 1. The number of allylic oxidation sites excluding steroid dienone is 1. The molecule has 28 heavy (non-hydrogen) atoms. The number of rotatable bonds is 5. The van der Waals surface area contributed by atoms with Crippen LogP contribution in [0.4, 0.5) is 0 Å². The molecule has 0 spiro atoms. The SMILES string of the molecule is C/C1=C\CCOC(=O)CC[C@@H]2[C@@H]1CC[C@]1(C)[C@@H]([C@H](C)CCCC(C)C)CC[C@@H]21. The molecule has 0 aromatic heterocycles. The van der Waals surface area contributed by atoms with E-state index in [-0.39, 0.29) is 5.97 Å². The molecule has 0 aromatic rings. The van der Waals surface area contributed by atoms with E-state index in [1.54, 1.807) is 5.57 Å². The molecule has 2 nitrogen and oxygen atoms in total. The van der Waals surface area contributed by atoms with Crippen molar-refractivity contribution in [2.45, 2.75) is 98.8 Å². The van der Waals surface area contributed by atoms with Crippen LogP contribution in [0.2, 0.25) is 0 Å². The van der Waals surface area contributed by atoms with E-state index < -0.39 is 0 Å². The lowest BCUT2D eigenvalue weighted by Gasteiger charge is -2.50. The molecule has 0 bridgehead atoms. The molecule has 160 valence electrons. The number of fused-ring (bicyclic) bond motifs is 3. The van der Waals surface area contributed by atoms with Gasteiger partial charge in [0.1, 0.15) is 0 Å². The Bertz CT molecular complexity index is 563. The average Bonchev–Trinajstić information content (AvgIpc) is 2.99. The van der Waals surface area contributed by atoms with Gasteiger partial charge in [0.25, 0.3) is 0 Å². The van der Waals surface area contributed by atoms with Crippen molar-refractivity contribution in [2.75, 3.05) is 6.61 Å². The van der Waals surface area contributed by atoms with Gasteiger partial charge in [0, 0.05) is 6.42 Å². The van der Waals surface area contributed by atoms with Gasteiger partial charge in [0.2, 0.25) is 0 Å². The second-order valence-electron chi connectivity index (χ2n) is 10.9. The van der Waals surface area contributed by atoms with Crippen molar-refractivity contribution in [1.82, 2.24) is 0 Å². The first kappa shape index (κ1) is 21.9. The molecule has 0 aromatic carbocycles. The minimum Gasteiger partial charge on any atom is -0.465 e. The van der Waals surface area contributed by atoms with E-state index in [4.69, 9.17) is 4.74 Å². The molecule has 0 amide bonds. The van der Waals surface area contributed by atoms with Crippen molar-refractivity contribution >= 4 is 5.97 Å². The van der Waals surface area contributed by atoms with Gasteiger partial charge in [-0.15, -0.1) is 0 Å². The first-order valence-corrected chi connectivity index (χ1v) is 12.1. The highest BCUT2D eigenvalue weighted by Gasteiger charge is 2.54. The van der Waals surface area contributed by atoms with Crippen molar-refractivity contribution in [2.24, 2.45) is 40.9 Å². The summed E-state index contributed by atoms with van der Waals surface area (Å²) in [7, 11) is 0. The Morgan fingerprint density at radius 2 is 1.93 bits per heavy atom. The van der Waals surface area contributed by atoms with Crippen LogP contribution in [0, 0.1) is 40.9 Å². The molecule has 2 aliphatic carbocycles. The summed E-state index contributed by atoms with van der Waals surface area (Å²) >= 11 is 0. The number of hydrogen-bond acceptors (Lipinski definition) is 2. The van der Waals surface area contributed by atoms with Crippen LogP contribution in [0.15, 0.2) is 11.6 Å². The molecule has 2 heteroatoms. The predicted molar refractivity (Wildman–Crippen MR) is 117 cm³/mol. The van der Waals surface area contributed by atoms with Gasteiger partial charge in [-0.3, -0.25) is 4.79 Å². The zero-order chi connectivity index (χ0) is 20.3. The quantitative estimate of drug-likeness (QED) is 0.368. The topological polar surface area (TPSA) is 26.3 Å². The molecule has 1 aliphatic heterocycles. The summed E-state index contributed by atoms with van der Waals surface area (Å²) in [5.74, 6) is 4.72. The van der Waals surface area contributed by atoms with Crippen LogP contribution in [-0.4, -0.2) is 12.6 Å². The zero-order valence-electron chi connectivity index (χ0n) is 19.1. The summed E-state index contributed by atoms with van der Waals surface area (Å²) < 4.78 is 5.42. The second kappa shape index (κ2) is 9.35. The summed E-state index contributed by atoms with van der Waals surface area (Å²) in [6.45, 7) is 12.7. The van der Waals surface area contributed by atoms with Crippen LogP contribution in [0.3, 0.4) is 0 Å². The van der Waals surface area contributed by atoms with E-state index in [2.05, 4.69) is 40.7 Å². The number of carbonyl (C=O) groups excluding carboxylic acids is 1. The normalized spacial score (nSPS) is 39.5. The molecule has 3 rings (SSSR count). The first-order chi connectivity index (χ1) is 13.3. The molecule has 0 radical (unpaired) electrons. The van der Waals surface area contributed by atoms with Crippen LogP contribution < -0.4 is 0 Å². The first-order valence-electron chi connectivity index (χ1n) is 12.1. The van der Waals surface area contributed by atoms with Gasteiger partial charge in [-0.05, 0) is 86.4 Å². The van der Waals surface area contributed by atoms with Crippen LogP contribution in [0.1, 0.15) is 98.8 Å². The minimum absolute atomic E-state index is 0.0237. The molecule has 2 fully saturated rings. The fourth-order valence-electron chi connectivity index (χ4n) is 7.25. The largest absolute Gasteiger partial charge is 0.465 e. The maximum absolute atomic E-state index is 12.1. The van der Waals surface area contributed by atoms with E-state index in [1.807, 2.05) is 0 Å². The van der Waals surface area contributed by atoms with Crippen molar-refractivity contribution in [1.29, 1.82) is 0 Å². The van der Waals surface area contributed by atoms with Crippen LogP contribution >= 0.6 is 0 Å². The van der Waals surface area contributed by atoms with Crippen LogP contribution in [-0.2, 0) is 9.53 Å². The Labute approximate surface area is 173 Å². The molecular weight excluding hydrogens is 344 g/mol. The molecule has 0 N–H and O–H groups in total. The van der Waals surface area contributed by atoms with Crippen molar-refractivity contribution in [3.63, 3.8) is 0 Å². The highest BCUT2D eigenvalue weighted by molar-refractivity contribution is 5.69. The van der Waals surface area contributed by atoms with Gasteiger partial charge in [0.15, 0.2) is 0 Å². The minimum atomic E-state index is 0.0237. The van der Waals surface area contributed by atoms with Gasteiger partial charge in [-0.2, -0.15) is 0 Å². The second-order valence-corrected chi connectivity index (χ2v) is 10.9. The lowest BCUT2D eigenvalue weighted by atomic mass is 9.54. The van der Waals surface area contributed by atoms with E-state index in [9.17, 15) is 4.79 Å². The van der Waals surface area contributed by atoms with E-state index in [0.29, 0.717) is 30.3 Å². The predicted octanol–water partition coefficient (Wildman–Crippen LogP) is 7.18. The number of esters is 1. The lowest BCUT2D eigenvalue weighted by Crippen LogP contribution is -2.43.